The number of nitrogens with zero attached hydrogens (tertiary/aromatic N) is 1. The average molecular weight is 351 g/mol. The van der Waals surface area contributed by atoms with E-state index in [-0.39, 0.29) is 11.8 Å². The molecule has 0 radical (unpaired) electrons. The molecule has 5 heteroatoms. The molecule has 3 rings (SSSR count). The lowest BCUT2D eigenvalue weighted by Gasteiger charge is -2.08. The largest absolute Gasteiger partial charge is 0.346 e. The maximum Gasteiger partial charge on any atom is 0.269 e. The fraction of sp³-hybridized carbons (Fsp3) is 0.333. The van der Waals surface area contributed by atoms with Gasteiger partial charge in [0.05, 0.1) is 0 Å². The Morgan fingerprint density at radius 3 is 2.46 bits per heavy atom. The Morgan fingerprint density at radius 1 is 1.08 bits per heavy atom. The predicted molar refractivity (Wildman–Crippen MR) is 103 cm³/mol. The Bertz CT molecular complexity index is 889. The molecule has 0 saturated heterocycles. The summed E-state index contributed by atoms with van der Waals surface area (Å²) in [5, 5.41) is 0. The first kappa shape index (κ1) is 18.0. The van der Waals surface area contributed by atoms with Gasteiger partial charge in [-0.25, -0.2) is 0 Å². The number of hydrogen-bond acceptors (Lipinski definition) is 2. The van der Waals surface area contributed by atoms with Crippen LogP contribution in [0.1, 0.15) is 57.3 Å². The summed E-state index contributed by atoms with van der Waals surface area (Å²) in [6, 6.07) is 8.27. The summed E-state index contributed by atoms with van der Waals surface area (Å²) in [4.78, 5) is 24.2. The highest BCUT2D eigenvalue weighted by Crippen LogP contribution is 2.38. The standard InChI is InChI=1S/C21H25N3O2/c1-13-5-9-19(14(2)11-13)21(26)23-22-20(25)10-6-17-12-15(3)24(16(17)4)18-7-8-18/h5-6,9-12,18H,7-8H2,1-4H3,(H,22,25)(H,23,26)/b10-6+. The number of amides is 2. The first-order valence-corrected chi connectivity index (χ1v) is 8.91. The summed E-state index contributed by atoms with van der Waals surface area (Å²) < 4.78 is 2.33. The Hall–Kier alpha value is -2.82. The van der Waals surface area contributed by atoms with Crippen molar-refractivity contribution in [3.8, 4) is 0 Å². The topological polar surface area (TPSA) is 63.1 Å². The van der Waals surface area contributed by atoms with Crippen molar-refractivity contribution in [3.05, 3.63) is 64.0 Å². The highest BCUT2D eigenvalue weighted by molar-refractivity contribution is 5.98. The van der Waals surface area contributed by atoms with Crippen LogP contribution in [0.5, 0.6) is 0 Å². The molecule has 5 nitrogen and oxygen atoms in total. The van der Waals surface area contributed by atoms with E-state index in [1.807, 2.05) is 26.0 Å². The van der Waals surface area contributed by atoms with E-state index in [4.69, 9.17) is 0 Å². The number of nitrogens with one attached hydrogen (secondary N) is 2. The van der Waals surface area contributed by atoms with E-state index >= 15 is 0 Å². The summed E-state index contributed by atoms with van der Waals surface area (Å²) in [7, 11) is 0. The number of rotatable bonds is 4. The molecule has 1 heterocycles. The molecule has 2 aromatic rings. The molecule has 0 atom stereocenters. The first-order valence-electron chi connectivity index (χ1n) is 8.91. The van der Waals surface area contributed by atoms with E-state index in [1.54, 1.807) is 12.1 Å². The van der Waals surface area contributed by atoms with Crippen LogP contribution in [-0.2, 0) is 4.79 Å². The second kappa shape index (κ2) is 7.20. The molecule has 1 saturated carbocycles. The van der Waals surface area contributed by atoms with Crippen molar-refractivity contribution >= 4 is 17.9 Å². The van der Waals surface area contributed by atoms with Crippen LogP contribution >= 0.6 is 0 Å². The van der Waals surface area contributed by atoms with Gasteiger partial charge in [0, 0.05) is 29.1 Å². The van der Waals surface area contributed by atoms with E-state index in [0.717, 1.165) is 16.7 Å². The van der Waals surface area contributed by atoms with Crippen molar-refractivity contribution in [3.63, 3.8) is 0 Å². The summed E-state index contributed by atoms with van der Waals surface area (Å²) in [5.74, 6) is -0.685. The molecule has 1 aromatic heterocycles. The average Bonchev–Trinajstić information content (AvgIpc) is 3.37. The minimum absolute atomic E-state index is 0.323. The Labute approximate surface area is 154 Å². The van der Waals surface area contributed by atoms with E-state index in [2.05, 4.69) is 35.3 Å². The number of hydrogen-bond donors (Lipinski definition) is 2. The van der Waals surface area contributed by atoms with Gasteiger partial charge >= 0.3 is 0 Å². The van der Waals surface area contributed by atoms with Crippen molar-refractivity contribution in [2.45, 2.75) is 46.6 Å². The molecule has 1 aliphatic rings. The second-order valence-electron chi connectivity index (χ2n) is 7.02. The quantitative estimate of drug-likeness (QED) is 0.654. The summed E-state index contributed by atoms with van der Waals surface area (Å²) in [5.41, 5.74) is 10.8. The lowest BCUT2D eigenvalue weighted by atomic mass is 10.1. The van der Waals surface area contributed by atoms with Crippen molar-refractivity contribution in [2.75, 3.05) is 0 Å². The van der Waals surface area contributed by atoms with E-state index in [9.17, 15) is 9.59 Å². The molecule has 1 fully saturated rings. The molecule has 2 amide bonds. The third-order valence-corrected chi connectivity index (χ3v) is 4.78. The summed E-state index contributed by atoms with van der Waals surface area (Å²) >= 11 is 0. The third-order valence-electron chi connectivity index (χ3n) is 4.78. The van der Waals surface area contributed by atoms with Gasteiger partial charge in [-0.05, 0) is 69.9 Å². The van der Waals surface area contributed by atoms with Gasteiger partial charge in [-0.1, -0.05) is 17.7 Å². The number of carbonyl (C=O) groups is 2. The lowest BCUT2D eigenvalue weighted by molar-refractivity contribution is -0.117. The zero-order chi connectivity index (χ0) is 18.8. The molecular weight excluding hydrogens is 326 g/mol. The lowest BCUT2D eigenvalue weighted by Crippen LogP contribution is -2.41. The highest BCUT2D eigenvalue weighted by atomic mass is 16.2. The van der Waals surface area contributed by atoms with Crippen LogP contribution in [0.4, 0.5) is 0 Å². The minimum Gasteiger partial charge on any atom is -0.346 e. The van der Waals surface area contributed by atoms with Crippen LogP contribution in [-0.4, -0.2) is 16.4 Å². The van der Waals surface area contributed by atoms with Crippen molar-refractivity contribution < 1.29 is 9.59 Å². The molecule has 0 unspecified atom stereocenters. The van der Waals surface area contributed by atoms with E-state index in [0.29, 0.717) is 11.6 Å². The fourth-order valence-corrected chi connectivity index (χ4v) is 3.33. The zero-order valence-corrected chi connectivity index (χ0v) is 15.7. The Morgan fingerprint density at radius 2 is 1.81 bits per heavy atom. The van der Waals surface area contributed by atoms with Crippen molar-refractivity contribution in [1.29, 1.82) is 0 Å². The van der Waals surface area contributed by atoms with Gasteiger partial charge in [0.1, 0.15) is 0 Å². The molecule has 0 aliphatic heterocycles. The molecule has 26 heavy (non-hydrogen) atoms. The molecule has 0 spiro atoms. The van der Waals surface area contributed by atoms with Crippen LogP contribution in [0.15, 0.2) is 30.3 Å². The maximum absolute atomic E-state index is 12.2. The van der Waals surface area contributed by atoms with Gasteiger partial charge in [-0.2, -0.15) is 0 Å². The van der Waals surface area contributed by atoms with E-state index < -0.39 is 0 Å². The normalized spacial score (nSPS) is 13.8. The van der Waals surface area contributed by atoms with Gasteiger partial charge in [-0.3, -0.25) is 20.4 Å². The van der Waals surface area contributed by atoms with Crippen LogP contribution in [0.25, 0.3) is 6.08 Å². The molecule has 1 aromatic carbocycles. The highest BCUT2D eigenvalue weighted by Gasteiger charge is 2.26. The summed E-state index contributed by atoms with van der Waals surface area (Å²) in [6.07, 6.45) is 5.69. The van der Waals surface area contributed by atoms with Gasteiger partial charge in [0.25, 0.3) is 11.8 Å². The Balaban J connectivity index is 1.59. The Kier molecular flexibility index (Phi) is 4.98. The maximum atomic E-state index is 12.2. The smallest absolute Gasteiger partial charge is 0.269 e. The SMILES string of the molecule is Cc1ccc(C(=O)NNC(=O)/C=C/c2cc(C)n(C3CC3)c2C)c(C)c1. The van der Waals surface area contributed by atoms with Crippen LogP contribution < -0.4 is 10.9 Å². The minimum atomic E-state index is -0.362. The number of carbonyl (C=O) groups excluding carboxylic acids is 2. The van der Waals surface area contributed by atoms with E-state index in [1.165, 1.54) is 30.3 Å². The monoisotopic (exact) mass is 351 g/mol. The number of benzene rings is 1. The predicted octanol–water partition coefficient (Wildman–Crippen LogP) is 3.53. The van der Waals surface area contributed by atoms with Crippen molar-refractivity contribution in [2.24, 2.45) is 0 Å². The molecule has 2 N–H and O–H groups in total. The van der Waals surface area contributed by atoms with Crippen LogP contribution in [0.3, 0.4) is 0 Å². The van der Waals surface area contributed by atoms with Gasteiger partial charge in [0.2, 0.25) is 0 Å². The third kappa shape index (κ3) is 3.87. The van der Waals surface area contributed by atoms with Gasteiger partial charge in [-0.15, -0.1) is 0 Å². The second-order valence-corrected chi connectivity index (χ2v) is 7.02. The first-order chi connectivity index (χ1) is 12.4. The number of aryl methyl sites for hydroxylation is 3. The molecule has 1 aliphatic carbocycles. The molecular formula is C21H25N3O2. The fourth-order valence-electron chi connectivity index (χ4n) is 3.33. The zero-order valence-electron chi connectivity index (χ0n) is 15.7. The van der Waals surface area contributed by atoms with Gasteiger partial charge in [0.15, 0.2) is 0 Å². The van der Waals surface area contributed by atoms with Crippen LogP contribution in [0, 0.1) is 27.7 Å². The van der Waals surface area contributed by atoms with Crippen molar-refractivity contribution in [1.82, 2.24) is 15.4 Å². The molecule has 136 valence electrons. The van der Waals surface area contributed by atoms with Crippen LogP contribution in [0.2, 0.25) is 0 Å². The summed E-state index contributed by atoms with van der Waals surface area (Å²) in [6.45, 7) is 8.01. The molecule has 0 bridgehead atoms. The number of aromatic nitrogens is 1. The number of hydrazine groups is 1. The van der Waals surface area contributed by atoms with Gasteiger partial charge < -0.3 is 4.57 Å².